The molecule has 0 saturated heterocycles. The molecule has 1 aromatic heterocycles. The van der Waals surface area contributed by atoms with Gasteiger partial charge >= 0.3 is 5.97 Å². The molecule has 1 aromatic carbocycles. The number of rotatable bonds is 1. The molecule has 104 valence electrons. The van der Waals surface area contributed by atoms with Crippen LogP contribution in [0.25, 0.3) is 10.9 Å². The van der Waals surface area contributed by atoms with E-state index in [1.54, 1.807) is 18.2 Å². The average molecular weight is 290 g/mol. The Hall–Kier alpha value is -1.61. The topological polar surface area (TPSA) is 50.2 Å². The van der Waals surface area contributed by atoms with E-state index in [2.05, 4.69) is 18.8 Å². The summed E-state index contributed by atoms with van der Waals surface area (Å²) in [5.41, 5.74) is 2.92. The van der Waals surface area contributed by atoms with E-state index in [1.165, 1.54) is 0 Å². The Morgan fingerprint density at radius 2 is 2.15 bits per heavy atom. The second kappa shape index (κ2) is 4.74. The number of nitrogens with zero attached hydrogens (tertiary/aromatic N) is 1. The Bertz CT molecular complexity index is 711. The van der Waals surface area contributed by atoms with Crippen LogP contribution in [0.15, 0.2) is 18.2 Å². The molecule has 2 unspecified atom stereocenters. The molecular formula is C16H16ClNO2. The second-order valence-corrected chi connectivity index (χ2v) is 6.20. The SMILES string of the molecule is CC1Cc2nc3ccc(Cl)cc3c(C(=O)O)c2C(C)C1. The summed E-state index contributed by atoms with van der Waals surface area (Å²) in [6, 6.07) is 5.26. The van der Waals surface area contributed by atoms with Gasteiger partial charge in [0, 0.05) is 16.1 Å². The molecule has 1 aliphatic rings. The molecule has 2 aromatic rings. The van der Waals surface area contributed by atoms with Crippen LogP contribution >= 0.6 is 11.6 Å². The Labute approximate surface area is 122 Å². The number of carboxylic acid groups (broad SMARTS) is 1. The van der Waals surface area contributed by atoms with Crippen LogP contribution in [0.4, 0.5) is 0 Å². The van der Waals surface area contributed by atoms with Crippen LogP contribution in [-0.4, -0.2) is 16.1 Å². The zero-order valence-corrected chi connectivity index (χ0v) is 12.2. The van der Waals surface area contributed by atoms with Crippen LogP contribution in [0.5, 0.6) is 0 Å². The monoisotopic (exact) mass is 289 g/mol. The third-order valence-corrected chi connectivity index (χ3v) is 4.30. The largest absolute Gasteiger partial charge is 0.478 e. The fraction of sp³-hybridized carbons (Fsp3) is 0.375. The van der Waals surface area contributed by atoms with Crippen molar-refractivity contribution in [2.45, 2.75) is 32.6 Å². The quantitative estimate of drug-likeness (QED) is 0.853. The van der Waals surface area contributed by atoms with E-state index in [9.17, 15) is 9.90 Å². The van der Waals surface area contributed by atoms with Gasteiger partial charge in [0.25, 0.3) is 0 Å². The number of carboxylic acids is 1. The predicted molar refractivity (Wildman–Crippen MR) is 79.6 cm³/mol. The number of aromatic carboxylic acids is 1. The molecule has 1 N–H and O–H groups in total. The summed E-state index contributed by atoms with van der Waals surface area (Å²) in [6.45, 7) is 4.27. The highest BCUT2D eigenvalue weighted by atomic mass is 35.5. The van der Waals surface area contributed by atoms with Gasteiger partial charge in [0.05, 0.1) is 11.1 Å². The minimum Gasteiger partial charge on any atom is -0.478 e. The molecule has 0 radical (unpaired) electrons. The number of carbonyl (C=O) groups is 1. The summed E-state index contributed by atoms with van der Waals surface area (Å²) in [5.74, 6) is -0.135. The van der Waals surface area contributed by atoms with Crippen molar-refractivity contribution in [3.63, 3.8) is 0 Å². The molecule has 0 fully saturated rings. The van der Waals surface area contributed by atoms with Crippen LogP contribution in [-0.2, 0) is 6.42 Å². The minimum atomic E-state index is -0.891. The van der Waals surface area contributed by atoms with Gasteiger partial charge in [0.1, 0.15) is 0 Å². The number of benzene rings is 1. The molecule has 0 spiro atoms. The molecule has 0 bridgehead atoms. The molecule has 1 heterocycles. The van der Waals surface area contributed by atoms with Gasteiger partial charge < -0.3 is 5.11 Å². The van der Waals surface area contributed by atoms with E-state index < -0.39 is 5.97 Å². The standard InChI is InChI=1S/C16H16ClNO2/c1-8-5-9(2)14-13(6-8)18-12-4-3-10(17)7-11(12)15(14)16(19)20/h3-4,7-9H,5-6H2,1-2H3,(H,19,20). The zero-order valence-electron chi connectivity index (χ0n) is 11.5. The number of fused-ring (bicyclic) bond motifs is 2. The summed E-state index contributed by atoms with van der Waals surface area (Å²) in [7, 11) is 0. The molecule has 0 saturated carbocycles. The zero-order chi connectivity index (χ0) is 14.4. The molecule has 3 nitrogen and oxygen atoms in total. The lowest BCUT2D eigenvalue weighted by molar-refractivity contribution is 0.0696. The molecule has 3 rings (SSSR count). The Kier molecular flexibility index (Phi) is 3.17. The highest BCUT2D eigenvalue weighted by Gasteiger charge is 2.29. The number of aromatic nitrogens is 1. The fourth-order valence-corrected chi connectivity index (χ4v) is 3.52. The van der Waals surface area contributed by atoms with Gasteiger partial charge in [-0.15, -0.1) is 0 Å². The average Bonchev–Trinajstić information content (AvgIpc) is 2.36. The fourth-order valence-electron chi connectivity index (χ4n) is 3.35. The lowest BCUT2D eigenvalue weighted by Gasteiger charge is -2.28. The van der Waals surface area contributed by atoms with Gasteiger partial charge in [0.2, 0.25) is 0 Å². The maximum absolute atomic E-state index is 11.8. The van der Waals surface area contributed by atoms with Crippen molar-refractivity contribution in [1.82, 2.24) is 4.98 Å². The van der Waals surface area contributed by atoms with Crippen molar-refractivity contribution in [2.75, 3.05) is 0 Å². The molecule has 4 heteroatoms. The Morgan fingerprint density at radius 3 is 2.85 bits per heavy atom. The van der Waals surface area contributed by atoms with Gasteiger partial charge in [-0.25, -0.2) is 4.79 Å². The van der Waals surface area contributed by atoms with Crippen LogP contribution in [0.3, 0.4) is 0 Å². The van der Waals surface area contributed by atoms with E-state index in [1.807, 2.05) is 0 Å². The highest BCUT2D eigenvalue weighted by Crippen LogP contribution is 2.38. The van der Waals surface area contributed by atoms with E-state index in [0.29, 0.717) is 27.4 Å². The third kappa shape index (κ3) is 2.06. The Balaban J connectivity index is 2.40. The second-order valence-electron chi connectivity index (χ2n) is 5.76. The summed E-state index contributed by atoms with van der Waals surface area (Å²) in [4.78, 5) is 16.4. The Morgan fingerprint density at radius 1 is 1.40 bits per heavy atom. The van der Waals surface area contributed by atoms with Gasteiger partial charge in [-0.1, -0.05) is 25.4 Å². The van der Waals surface area contributed by atoms with Crippen LogP contribution in [0.1, 0.15) is 47.8 Å². The minimum absolute atomic E-state index is 0.218. The summed E-state index contributed by atoms with van der Waals surface area (Å²) >= 11 is 6.02. The maximum atomic E-state index is 11.8. The van der Waals surface area contributed by atoms with Gasteiger partial charge in [-0.05, 0) is 48.4 Å². The lowest BCUT2D eigenvalue weighted by Crippen LogP contribution is -2.20. The van der Waals surface area contributed by atoms with E-state index in [-0.39, 0.29) is 5.92 Å². The normalized spacial score (nSPS) is 21.8. The predicted octanol–water partition coefficient (Wildman–Crippen LogP) is 4.27. The molecule has 2 atom stereocenters. The molecule has 0 aliphatic heterocycles. The highest BCUT2D eigenvalue weighted by molar-refractivity contribution is 6.31. The van der Waals surface area contributed by atoms with Crippen molar-refractivity contribution in [2.24, 2.45) is 5.92 Å². The van der Waals surface area contributed by atoms with Crippen molar-refractivity contribution < 1.29 is 9.90 Å². The van der Waals surface area contributed by atoms with Crippen LogP contribution < -0.4 is 0 Å². The van der Waals surface area contributed by atoms with E-state index >= 15 is 0 Å². The first-order valence-corrected chi connectivity index (χ1v) is 7.20. The number of halogens is 1. The molecule has 0 amide bonds. The summed E-state index contributed by atoms with van der Waals surface area (Å²) in [6.07, 6.45) is 1.85. The van der Waals surface area contributed by atoms with Gasteiger partial charge in [-0.3, -0.25) is 4.98 Å². The summed E-state index contributed by atoms with van der Waals surface area (Å²) < 4.78 is 0. The smallest absolute Gasteiger partial charge is 0.336 e. The van der Waals surface area contributed by atoms with Gasteiger partial charge in [0.15, 0.2) is 0 Å². The van der Waals surface area contributed by atoms with Crippen molar-refractivity contribution in [3.05, 3.63) is 40.0 Å². The van der Waals surface area contributed by atoms with Gasteiger partial charge in [-0.2, -0.15) is 0 Å². The first-order valence-electron chi connectivity index (χ1n) is 6.82. The third-order valence-electron chi connectivity index (χ3n) is 4.07. The number of hydrogen-bond donors (Lipinski definition) is 1. The maximum Gasteiger partial charge on any atom is 0.336 e. The van der Waals surface area contributed by atoms with Crippen LogP contribution in [0.2, 0.25) is 5.02 Å². The van der Waals surface area contributed by atoms with Crippen molar-refractivity contribution in [1.29, 1.82) is 0 Å². The lowest BCUT2D eigenvalue weighted by atomic mass is 9.78. The van der Waals surface area contributed by atoms with Crippen molar-refractivity contribution >= 4 is 28.5 Å². The van der Waals surface area contributed by atoms with E-state index in [0.717, 1.165) is 24.1 Å². The molecule has 20 heavy (non-hydrogen) atoms. The number of hydrogen-bond acceptors (Lipinski definition) is 2. The van der Waals surface area contributed by atoms with Crippen molar-refractivity contribution in [3.8, 4) is 0 Å². The molecule has 1 aliphatic carbocycles. The van der Waals surface area contributed by atoms with E-state index in [4.69, 9.17) is 11.6 Å². The molecular weight excluding hydrogens is 274 g/mol. The summed E-state index contributed by atoms with van der Waals surface area (Å²) in [5, 5.41) is 10.8. The number of pyridine rings is 1. The van der Waals surface area contributed by atoms with Crippen LogP contribution in [0, 0.1) is 5.92 Å². The first-order chi connectivity index (χ1) is 9.47. The first kappa shape index (κ1) is 13.4.